The Hall–Kier alpha value is -3.01. The average molecular weight is 498 g/mol. The Morgan fingerprint density at radius 1 is 1.12 bits per heavy atom. The molecule has 0 aliphatic rings. The van der Waals surface area contributed by atoms with Gasteiger partial charge in [-0.05, 0) is 11.8 Å². The number of hydrazine groups is 1. The first-order valence-electron chi connectivity index (χ1n) is 8.97. The molecule has 32 heavy (non-hydrogen) atoms. The molecular formula is C17H19N7O5S3. The van der Waals surface area contributed by atoms with Crippen molar-refractivity contribution < 1.29 is 22.7 Å². The van der Waals surface area contributed by atoms with Crippen LogP contribution < -0.4 is 25.0 Å². The number of nitrogens with one attached hydrogen (secondary N) is 3. The Morgan fingerprint density at radius 3 is 2.47 bits per heavy atom. The first-order valence-corrected chi connectivity index (χ1v) is 12.3. The van der Waals surface area contributed by atoms with E-state index in [1.54, 1.807) is 18.2 Å². The number of hydrogen-bond acceptors (Lipinski definition) is 11. The van der Waals surface area contributed by atoms with Gasteiger partial charge in [-0.3, -0.25) is 10.7 Å². The van der Waals surface area contributed by atoms with Crippen LogP contribution in [0.15, 0.2) is 39.6 Å². The molecule has 0 unspecified atom stereocenters. The largest absolute Gasteiger partial charge is 0.481 e. The first kappa shape index (κ1) is 23.6. The number of urea groups is 1. The SMILES string of the molecule is CCSc1nnc(-c2ccccc2S(=O)(=O)NNC(=O)Nc2nc(OC)cc(OC)n2)s1. The first-order chi connectivity index (χ1) is 15.4. The minimum absolute atomic E-state index is 0.0659. The zero-order valence-electron chi connectivity index (χ0n) is 17.1. The van der Waals surface area contributed by atoms with E-state index in [-0.39, 0.29) is 22.6 Å². The molecular weight excluding hydrogens is 478 g/mol. The van der Waals surface area contributed by atoms with Gasteiger partial charge in [0.05, 0.1) is 25.2 Å². The van der Waals surface area contributed by atoms with Gasteiger partial charge in [0.15, 0.2) is 4.34 Å². The lowest BCUT2D eigenvalue weighted by molar-refractivity contribution is 0.250. The van der Waals surface area contributed by atoms with Crippen molar-refractivity contribution in [2.24, 2.45) is 0 Å². The van der Waals surface area contributed by atoms with Crippen LogP contribution in [0.2, 0.25) is 0 Å². The Kier molecular flexibility index (Phi) is 7.79. The van der Waals surface area contributed by atoms with Gasteiger partial charge < -0.3 is 9.47 Å². The number of anilines is 1. The van der Waals surface area contributed by atoms with Crippen LogP contribution in [0, 0.1) is 0 Å². The molecule has 1 aromatic carbocycles. The third kappa shape index (κ3) is 5.82. The van der Waals surface area contributed by atoms with Crippen molar-refractivity contribution in [1.82, 2.24) is 30.4 Å². The maximum atomic E-state index is 12.8. The Morgan fingerprint density at radius 2 is 1.81 bits per heavy atom. The molecule has 0 aliphatic carbocycles. The minimum atomic E-state index is -4.14. The van der Waals surface area contributed by atoms with Crippen LogP contribution in [-0.2, 0) is 10.0 Å². The number of carbonyl (C=O) groups excluding carboxylic acids is 1. The number of hydrogen-bond donors (Lipinski definition) is 3. The zero-order chi connectivity index (χ0) is 23.1. The van der Waals surface area contributed by atoms with Crippen LogP contribution in [0.1, 0.15) is 6.92 Å². The predicted molar refractivity (Wildman–Crippen MR) is 119 cm³/mol. The van der Waals surface area contributed by atoms with Crippen LogP contribution in [0.5, 0.6) is 11.8 Å². The smallest absolute Gasteiger partial charge is 0.336 e. The molecule has 0 atom stereocenters. The molecule has 2 aromatic heterocycles. The topological polar surface area (TPSA) is 157 Å². The van der Waals surface area contributed by atoms with Crippen LogP contribution >= 0.6 is 23.1 Å². The molecule has 0 aliphatic heterocycles. The van der Waals surface area contributed by atoms with Gasteiger partial charge in [-0.25, -0.2) is 13.2 Å². The van der Waals surface area contributed by atoms with Gasteiger partial charge in [0.1, 0.15) is 5.01 Å². The van der Waals surface area contributed by atoms with E-state index in [4.69, 9.17) is 9.47 Å². The summed E-state index contributed by atoms with van der Waals surface area (Å²) in [5, 5.41) is 10.9. The van der Waals surface area contributed by atoms with Gasteiger partial charge >= 0.3 is 6.03 Å². The number of amides is 2. The second-order valence-electron chi connectivity index (χ2n) is 5.76. The molecule has 0 bridgehead atoms. The minimum Gasteiger partial charge on any atom is -0.481 e. The zero-order valence-corrected chi connectivity index (χ0v) is 19.6. The Labute approximate surface area is 192 Å². The summed E-state index contributed by atoms with van der Waals surface area (Å²) in [7, 11) is -1.36. The summed E-state index contributed by atoms with van der Waals surface area (Å²) >= 11 is 2.79. The van der Waals surface area contributed by atoms with Crippen LogP contribution in [0.4, 0.5) is 10.7 Å². The molecule has 0 fully saturated rings. The lowest BCUT2D eigenvalue weighted by Crippen LogP contribution is -2.44. The molecule has 170 valence electrons. The third-order valence-corrected chi connectivity index (χ3v) is 6.98. The summed E-state index contributed by atoms with van der Waals surface area (Å²) in [6.07, 6.45) is 0. The van der Waals surface area contributed by atoms with Gasteiger partial charge in [0.25, 0.3) is 10.0 Å². The number of thioether (sulfide) groups is 1. The summed E-state index contributed by atoms with van der Waals surface area (Å²) in [5.41, 5.74) is 2.43. The van der Waals surface area contributed by atoms with Gasteiger partial charge in [0.2, 0.25) is 17.7 Å². The number of benzene rings is 1. The maximum absolute atomic E-state index is 12.8. The van der Waals surface area contributed by atoms with E-state index in [0.717, 1.165) is 10.1 Å². The Bertz CT molecular complexity index is 1180. The lowest BCUT2D eigenvalue weighted by atomic mass is 10.2. The van der Waals surface area contributed by atoms with Crippen molar-refractivity contribution in [2.45, 2.75) is 16.2 Å². The van der Waals surface area contributed by atoms with Crippen molar-refractivity contribution in [2.75, 3.05) is 25.3 Å². The number of rotatable bonds is 9. The van der Waals surface area contributed by atoms with Gasteiger partial charge in [-0.15, -0.1) is 15.0 Å². The molecule has 3 rings (SSSR count). The molecule has 0 spiro atoms. The highest BCUT2D eigenvalue weighted by Crippen LogP contribution is 2.32. The van der Waals surface area contributed by atoms with E-state index >= 15 is 0 Å². The highest BCUT2D eigenvalue weighted by molar-refractivity contribution is 8.01. The van der Waals surface area contributed by atoms with E-state index in [1.165, 1.54) is 49.5 Å². The molecule has 2 heterocycles. The number of aromatic nitrogens is 4. The molecule has 2 amide bonds. The summed E-state index contributed by atoms with van der Waals surface area (Å²) in [6, 6.07) is 6.78. The van der Waals surface area contributed by atoms with Crippen molar-refractivity contribution in [3.05, 3.63) is 30.3 Å². The standard InChI is InChI=1S/C17H19N7O5S3/c1-4-30-17-23-21-14(31-17)10-7-5-6-8-11(10)32(26,27)24-22-16(25)20-15-18-12(28-2)9-13(19-15)29-3/h5-9,24H,4H2,1-3H3,(H2,18,19,20,22,25). The maximum Gasteiger partial charge on any atom is 0.336 e. The highest BCUT2D eigenvalue weighted by atomic mass is 32.2. The summed E-state index contributed by atoms with van der Waals surface area (Å²) in [5.74, 6) is 0.977. The monoisotopic (exact) mass is 497 g/mol. The van der Waals surface area contributed by atoms with E-state index in [9.17, 15) is 13.2 Å². The Balaban J connectivity index is 1.74. The molecule has 0 saturated heterocycles. The van der Waals surface area contributed by atoms with E-state index in [0.29, 0.717) is 10.6 Å². The van der Waals surface area contributed by atoms with Crippen molar-refractivity contribution in [3.8, 4) is 22.3 Å². The molecule has 15 heteroatoms. The van der Waals surface area contributed by atoms with Gasteiger partial charge in [-0.1, -0.05) is 48.2 Å². The molecule has 3 N–H and O–H groups in total. The lowest BCUT2D eigenvalue weighted by Gasteiger charge is -2.12. The number of carbonyl (C=O) groups is 1. The molecule has 0 radical (unpaired) electrons. The molecule has 12 nitrogen and oxygen atoms in total. The van der Waals surface area contributed by atoms with Crippen molar-refractivity contribution in [1.29, 1.82) is 0 Å². The van der Waals surface area contributed by atoms with E-state index < -0.39 is 16.1 Å². The van der Waals surface area contributed by atoms with Crippen LogP contribution in [-0.4, -0.2) is 54.6 Å². The third-order valence-electron chi connectivity index (χ3n) is 3.70. The average Bonchev–Trinajstić information content (AvgIpc) is 3.26. The van der Waals surface area contributed by atoms with Gasteiger partial charge in [0, 0.05) is 5.56 Å². The number of nitrogens with zero attached hydrogens (tertiary/aromatic N) is 4. The predicted octanol–water partition coefficient (Wildman–Crippen LogP) is 2.14. The fraction of sp³-hybridized carbons (Fsp3) is 0.235. The highest BCUT2D eigenvalue weighted by Gasteiger charge is 2.22. The fourth-order valence-corrected chi connectivity index (χ4v) is 5.25. The normalized spacial score (nSPS) is 11.1. The van der Waals surface area contributed by atoms with Crippen molar-refractivity contribution in [3.63, 3.8) is 0 Å². The quantitative estimate of drug-likeness (QED) is 0.295. The second-order valence-corrected chi connectivity index (χ2v) is 9.90. The van der Waals surface area contributed by atoms with Gasteiger partial charge in [-0.2, -0.15) is 9.97 Å². The van der Waals surface area contributed by atoms with E-state index in [1.807, 2.05) is 11.8 Å². The van der Waals surface area contributed by atoms with Crippen LogP contribution in [0.25, 0.3) is 10.6 Å². The van der Waals surface area contributed by atoms with Crippen molar-refractivity contribution >= 4 is 45.1 Å². The summed E-state index contributed by atoms with van der Waals surface area (Å²) in [6.45, 7) is 1.98. The fourth-order valence-electron chi connectivity index (χ4n) is 2.35. The number of ether oxygens (including phenoxy) is 2. The second kappa shape index (κ2) is 10.5. The van der Waals surface area contributed by atoms with E-state index in [2.05, 4.69) is 30.9 Å². The van der Waals surface area contributed by atoms with Crippen LogP contribution in [0.3, 0.4) is 0 Å². The number of methoxy groups -OCH3 is 2. The molecule has 0 saturated carbocycles. The number of sulfonamides is 1. The summed E-state index contributed by atoms with van der Waals surface area (Å²) in [4.78, 5) is 22.0. The molecule has 3 aromatic rings. The summed E-state index contributed by atoms with van der Waals surface area (Å²) < 4.78 is 36.4.